The molecule has 2 aliphatic rings. The van der Waals surface area contributed by atoms with Crippen LogP contribution in [0.15, 0.2) is 18.2 Å². The number of benzene rings is 1. The van der Waals surface area contributed by atoms with Crippen molar-refractivity contribution < 1.29 is 4.79 Å². The molecule has 2 atom stereocenters. The molecule has 17 heavy (non-hydrogen) atoms. The van der Waals surface area contributed by atoms with E-state index in [4.69, 9.17) is 0 Å². The van der Waals surface area contributed by atoms with E-state index in [1.165, 1.54) is 24.8 Å². The SMILES string of the molecule is Cc1ccc2c(c1)N(C)[C@H]1CCCC[C@H]1C2=O. The number of Topliss-reactive ketones (excluding diaryl/α,β-unsaturated/α-hetero) is 1. The van der Waals surface area contributed by atoms with E-state index < -0.39 is 0 Å². The second-order valence-corrected chi connectivity index (χ2v) is 5.45. The Bertz CT molecular complexity index is 466. The van der Waals surface area contributed by atoms with Crippen LogP contribution in [-0.4, -0.2) is 18.9 Å². The van der Waals surface area contributed by atoms with Crippen molar-refractivity contribution in [2.45, 2.75) is 38.6 Å². The molecule has 3 rings (SSSR count). The molecule has 90 valence electrons. The average Bonchev–Trinajstić information content (AvgIpc) is 2.36. The molecule has 0 aromatic heterocycles. The largest absolute Gasteiger partial charge is 0.370 e. The van der Waals surface area contributed by atoms with Crippen LogP contribution in [0.1, 0.15) is 41.6 Å². The fourth-order valence-electron chi connectivity index (χ4n) is 3.40. The Morgan fingerprint density at radius 3 is 2.82 bits per heavy atom. The van der Waals surface area contributed by atoms with Gasteiger partial charge in [0.05, 0.1) is 0 Å². The molecule has 0 unspecified atom stereocenters. The molecule has 0 spiro atoms. The lowest BCUT2D eigenvalue weighted by Crippen LogP contribution is -2.47. The van der Waals surface area contributed by atoms with Crippen LogP contribution < -0.4 is 4.90 Å². The van der Waals surface area contributed by atoms with Gasteiger partial charge in [-0.3, -0.25) is 4.79 Å². The fourth-order valence-corrected chi connectivity index (χ4v) is 3.40. The van der Waals surface area contributed by atoms with E-state index in [1.807, 2.05) is 12.1 Å². The first-order chi connectivity index (χ1) is 8.18. The van der Waals surface area contributed by atoms with Gasteiger partial charge in [-0.2, -0.15) is 0 Å². The highest BCUT2D eigenvalue weighted by atomic mass is 16.1. The molecule has 2 heteroatoms. The first kappa shape index (κ1) is 10.8. The van der Waals surface area contributed by atoms with E-state index >= 15 is 0 Å². The molecule has 1 fully saturated rings. The van der Waals surface area contributed by atoms with Crippen LogP contribution in [-0.2, 0) is 0 Å². The molecule has 2 nitrogen and oxygen atoms in total. The Labute approximate surface area is 103 Å². The van der Waals surface area contributed by atoms with Gasteiger partial charge in [0, 0.05) is 30.3 Å². The van der Waals surface area contributed by atoms with Crippen molar-refractivity contribution in [3.05, 3.63) is 29.3 Å². The number of nitrogens with zero attached hydrogens (tertiary/aromatic N) is 1. The highest BCUT2D eigenvalue weighted by molar-refractivity contribution is 6.05. The molecule has 1 aliphatic heterocycles. The number of hydrogen-bond donors (Lipinski definition) is 0. The van der Waals surface area contributed by atoms with Crippen molar-refractivity contribution >= 4 is 11.5 Å². The summed E-state index contributed by atoms with van der Waals surface area (Å²) in [5, 5.41) is 0. The summed E-state index contributed by atoms with van der Waals surface area (Å²) >= 11 is 0. The quantitative estimate of drug-likeness (QED) is 0.681. The van der Waals surface area contributed by atoms with Gasteiger partial charge in [-0.15, -0.1) is 0 Å². The minimum atomic E-state index is 0.240. The molecule has 0 amide bonds. The standard InChI is InChI=1S/C15H19NO/c1-10-7-8-12-14(9-10)16(2)13-6-4-3-5-11(13)15(12)17/h7-9,11,13H,3-6H2,1-2H3/t11-,13+/m1/s1. The van der Waals surface area contributed by atoms with Gasteiger partial charge < -0.3 is 4.90 Å². The van der Waals surface area contributed by atoms with E-state index in [2.05, 4.69) is 24.9 Å². The first-order valence-electron chi connectivity index (χ1n) is 6.56. The molecular formula is C15H19NO. The van der Waals surface area contributed by atoms with Crippen molar-refractivity contribution in [2.75, 3.05) is 11.9 Å². The van der Waals surface area contributed by atoms with Gasteiger partial charge in [0.2, 0.25) is 0 Å². The maximum absolute atomic E-state index is 12.5. The average molecular weight is 229 g/mol. The van der Waals surface area contributed by atoms with Gasteiger partial charge in [-0.1, -0.05) is 18.9 Å². The van der Waals surface area contributed by atoms with Crippen LogP contribution in [0, 0.1) is 12.8 Å². The van der Waals surface area contributed by atoms with Crippen LogP contribution in [0.2, 0.25) is 0 Å². The zero-order valence-electron chi connectivity index (χ0n) is 10.6. The fraction of sp³-hybridized carbons (Fsp3) is 0.533. The lowest BCUT2D eigenvalue weighted by Gasteiger charge is -2.43. The third-order valence-electron chi connectivity index (χ3n) is 4.36. The van der Waals surface area contributed by atoms with Crippen molar-refractivity contribution in [1.29, 1.82) is 0 Å². The normalized spacial score (nSPS) is 27.6. The Morgan fingerprint density at radius 1 is 1.24 bits per heavy atom. The van der Waals surface area contributed by atoms with E-state index in [9.17, 15) is 4.79 Å². The highest BCUT2D eigenvalue weighted by Gasteiger charge is 2.39. The van der Waals surface area contributed by atoms with Gasteiger partial charge in [0.15, 0.2) is 5.78 Å². The van der Waals surface area contributed by atoms with E-state index in [1.54, 1.807) is 0 Å². The number of hydrogen-bond acceptors (Lipinski definition) is 2. The van der Waals surface area contributed by atoms with Crippen molar-refractivity contribution in [2.24, 2.45) is 5.92 Å². The summed E-state index contributed by atoms with van der Waals surface area (Å²) in [5.41, 5.74) is 3.30. The number of ketones is 1. The van der Waals surface area contributed by atoms with Gasteiger partial charge in [-0.05, 0) is 37.5 Å². The molecule has 0 N–H and O–H groups in total. The molecule has 0 radical (unpaired) electrons. The van der Waals surface area contributed by atoms with Crippen LogP contribution in [0.5, 0.6) is 0 Å². The highest BCUT2D eigenvalue weighted by Crippen LogP contribution is 2.39. The second-order valence-electron chi connectivity index (χ2n) is 5.45. The Hall–Kier alpha value is -1.31. The van der Waals surface area contributed by atoms with Crippen LogP contribution in [0.3, 0.4) is 0 Å². The molecule has 0 bridgehead atoms. The summed E-state index contributed by atoms with van der Waals surface area (Å²) in [7, 11) is 2.15. The molecule has 1 aromatic carbocycles. The lowest BCUT2D eigenvalue weighted by molar-refractivity contribution is 0.0856. The Kier molecular flexibility index (Phi) is 2.46. The minimum absolute atomic E-state index is 0.240. The number of carbonyl (C=O) groups excluding carboxylic acids is 1. The summed E-state index contributed by atoms with van der Waals surface area (Å²) in [4.78, 5) is 14.8. The number of anilines is 1. The maximum atomic E-state index is 12.5. The van der Waals surface area contributed by atoms with Gasteiger partial charge in [-0.25, -0.2) is 0 Å². The molecule has 0 saturated heterocycles. The smallest absolute Gasteiger partial charge is 0.170 e. The van der Waals surface area contributed by atoms with E-state index in [-0.39, 0.29) is 5.92 Å². The van der Waals surface area contributed by atoms with E-state index in [0.717, 1.165) is 17.7 Å². The number of rotatable bonds is 0. The van der Waals surface area contributed by atoms with Crippen LogP contribution >= 0.6 is 0 Å². The predicted molar refractivity (Wildman–Crippen MR) is 69.7 cm³/mol. The van der Waals surface area contributed by atoms with Crippen LogP contribution in [0.25, 0.3) is 0 Å². The number of aryl methyl sites for hydroxylation is 1. The molecule has 1 heterocycles. The van der Waals surface area contributed by atoms with Crippen LogP contribution in [0.4, 0.5) is 5.69 Å². The molecule has 1 aliphatic carbocycles. The van der Waals surface area contributed by atoms with Gasteiger partial charge in [0.1, 0.15) is 0 Å². The summed E-state index contributed by atoms with van der Waals surface area (Å²) in [5.74, 6) is 0.617. The van der Waals surface area contributed by atoms with E-state index in [0.29, 0.717) is 11.8 Å². The van der Waals surface area contributed by atoms with Crippen molar-refractivity contribution in [1.82, 2.24) is 0 Å². The third kappa shape index (κ3) is 1.58. The zero-order valence-corrected chi connectivity index (χ0v) is 10.6. The van der Waals surface area contributed by atoms with Gasteiger partial charge >= 0.3 is 0 Å². The monoisotopic (exact) mass is 229 g/mol. The predicted octanol–water partition coefficient (Wildman–Crippen LogP) is 3.19. The van der Waals surface area contributed by atoms with Gasteiger partial charge in [0.25, 0.3) is 0 Å². The minimum Gasteiger partial charge on any atom is -0.370 e. The zero-order chi connectivity index (χ0) is 12.0. The van der Waals surface area contributed by atoms with Crippen molar-refractivity contribution in [3.8, 4) is 0 Å². The topological polar surface area (TPSA) is 20.3 Å². The summed E-state index contributed by atoms with van der Waals surface area (Å²) in [6, 6.07) is 6.64. The first-order valence-corrected chi connectivity index (χ1v) is 6.56. The third-order valence-corrected chi connectivity index (χ3v) is 4.36. The molecule has 1 saturated carbocycles. The lowest BCUT2D eigenvalue weighted by atomic mass is 9.76. The summed E-state index contributed by atoms with van der Waals surface area (Å²) in [6.45, 7) is 2.09. The number of fused-ring (bicyclic) bond motifs is 2. The Morgan fingerprint density at radius 2 is 2.00 bits per heavy atom. The molecule has 1 aromatic rings. The second kappa shape index (κ2) is 3.86. The number of carbonyl (C=O) groups is 1. The Balaban J connectivity index is 2.10. The summed E-state index contributed by atoms with van der Waals surface area (Å²) in [6.07, 6.45) is 4.71. The van der Waals surface area contributed by atoms with Crippen molar-refractivity contribution in [3.63, 3.8) is 0 Å². The molecular weight excluding hydrogens is 210 g/mol. The summed E-state index contributed by atoms with van der Waals surface area (Å²) < 4.78 is 0. The maximum Gasteiger partial charge on any atom is 0.170 e.